The zero-order valence-corrected chi connectivity index (χ0v) is 14.5. The van der Waals surface area contributed by atoms with E-state index in [1.54, 1.807) is 35.1 Å². The van der Waals surface area contributed by atoms with Crippen LogP contribution in [0.3, 0.4) is 0 Å². The first-order chi connectivity index (χ1) is 12.6. The van der Waals surface area contributed by atoms with E-state index in [2.05, 4.69) is 30.9 Å². The van der Waals surface area contributed by atoms with Crippen LogP contribution in [0.25, 0.3) is 16.9 Å². The third kappa shape index (κ3) is 3.61. The largest absolute Gasteiger partial charge is 0.350 e. The summed E-state index contributed by atoms with van der Waals surface area (Å²) in [7, 11) is 0. The number of imidazole rings is 1. The summed E-state index contributed by atoms with van der Waals surface area (Å²) in [6.45, 7) is 4.62. The number of amides is 3. The highest BCUT2D eigenvalue weighted by molar-refractivity contribution is 5.93. The van der Waals surface area contributed by atoms with Gasteiger partial charge in [-0.25, -0.2) is 14.8 Å². The fourth-order valence-corrected chi connectivity index (χ4v) is 2.43. The smallest absolute Gasteiger partial charge is 0.320 e. The van der Waals surface area contributed by atoms with Crippen LogP contribution in [0.1, 0.15) is 24.5 Å². The Bertz CT molecular complexity index is 937. The van der Waals surface area contributed by atoms with Crippen LogP contribution in [0, 0.1) is 0 Å². The SMILES string of the molecule is CCNC(=O)Nc1cn2c(C(=O)NCC)nc(-c3cccnc3)cc2n1. The first kappa shape index (κ1) is 17.3. The first-order valence-electron chi connectivity index (χ1n) is 8.26. The Morgan fingerprint density at radius 2 is 1.96 bits per heavy atom. The lowest BCUT2D eigenvalue weighted by Crippen LogP contribution is -2.28. The molecule has 3 heterocycles. The fourth-order valence-electron chi connectivity index (χ4n) is 2.43. The van der Waals surface area contributed by atoms with Crippen molar-refractivity contribution in [2.75, 3.05) is 18.4 Å². The number of rotatable bonds is 5. The molecule has 0 spiro atoms. The maximum atomic E-state index is 12.4. The summed E-state index contributed by atoms with van der Waals surface area (Å²) in [6.07, 6.45) is 4.89. The van der Waals surface area contributed by atoms with Gasteiger partial charge in [0.05, 0.1) is 11.9 Å². The fraction of sp³-hybridized carbons (Fsp3) is 0.235. The number of hydrogen-bond acceptors (Lipinski definition) is 5. The summed E-state index contributed by atoms with van der Waals surface area (Å²) >= 11 is 0. The Hall–Kier alpha value is -3.49. The molecule has 0 fully saturated rings. The average molecular weight is 353 g/mol. The first-order valence-corrected chi connectivity index (χ1v) is 8.26. The van der Waals surface area contributed by atoms with Crippen LogP contribution in [0.15, 0.2) is 36.8 Å². The molecule has 0 atom stereocenters. The van der Waals surface area contributed by atoms with E-state index in [9.17, 15) is 9.59 Å². The molecule has 0 aliphatic rings. The van der Waals surface area contributed by atoms with Gasteiger partial charge in [-0.3, -0.25) is 19.5 Å². The zero-order chi connectivity index (χ0) is 18.5. The van der Waals surface area contributed by atoms with Gasteiger partial charge in [-0.2, -0.15) is 0 Å². The number of aromatic nitrogens is 4. The molecule has 0 aromatic carbocycles. The molecular weight excluding hydrogens is 334 g/mol. The molecule has 0 saturated carbocycles. The molecule has 3 amide bonds. The molecule has 3 N–H and O–H groups in total. The third-order valence-corrected chi connectivity index (χ3v) is 3.53. The minimum Gasteiger partial charge on any atom is -0.350 e. The molecule has 3 aromatic rings. The molecule has 3 aromatic heterocycles. The molecule has 3 rings (SSSR count). The Kier molecular flexibility index (Phi) is 5.07. The average Bonchev–Trinajstić information content (AvgIpc) is 3.04. The van der Waals surface area contributed by atoms with Crippen molar-refractivity contribution < 1.29 is 9.59 Å². The van der Waals surface area contributed by atoms with Gasteiger partial charge in [-0.1, -0.05) is 0 Å². The van der Waals surface area contributed by atoms with Crippen LogP contribution in [-0.2, 0) is 0 Å². The van der Waals surface area contributed by atoms with Crippen LogP contribution < -0.4 is 16.0 Å². The van der Waals surface area contributed by atoms with Gasteiger partial charge in [-0.05, 0) is 26.0 Å². The molecule has 0 aliphatic carbocycles. The summed E-state index contributed by atoms with van der Waals surface area (Å²) in [4.78, 5) is 37.1. The maximum absolute atomic E-state index is 12.4. The number of fused-ring (bicyclic) bond motifs is 1. The number of hydrogen-bond donors (Lipinski definition) is 3. The van der Waals surface area contributed by atoms with Crippen molar-refractivity contribution in [3.63, 3.8) is 0 Å². The topological polar surface area (TPSA) is 113 Å². The lowest BCUT2D eigenvalue weighted by Gasteiger charge is -2.07. The highest BCUT2D eigenvalue weighted by Gasteiger charge is 2.17. The number of pyridine rings is 1. The van der Waals surface area contributed by atoms with Crippen molar-refractivity contribution in [2.45, 2.75) is 13.8 Å². The summed E-state index contributed by atoms with van der Waals surface area (Å²) in [5.41, 5.74) is 1.83. The van der Waals surface area contributed by atoms with Crippen LogP contribution in [0.4, 0.5) is 10.6 Å². The second-order valence-corrected chi connectivity index (χ2v) is 5.40. The lowest BCUT2D eigenvalue weighted by atomic mass is 10.2. The van der Waals surface area contributed by atoms with Crippen molar-refractivity contribution in [1.82, 2.24) is 30.0 Å². The van der Waals surface area contributed by atoms with Crippen molar-refractivity contribution in [2.24, 2.45) is 0 Å². The van der Waals surface area contributed by atoms with Gasteiger partial charge in [0.2, 0.25) is 5.82 Å². The molecule has 9 nitrogen and oxygen atoms in total. The van der Waals surface area contributed by atoms with Crippen molar-refractivity contribution in [1.29, 1.82) is 0 Å². The van der Waals surface area contributed by atoms with Crippen LogP contribution >= 0.6 is 0 Å². The van der Waals surface area contributed by atoms with Crippen molar-refractivity contribution in [3.8, 4) is 11.3 Å². The zero-order valence-electron chi connectivity index (χ0n) is 14.5. The maximum Gasteiger partial charge on any atom is 0.320 e. The van der Waals surface area contributed by atoms with E-state index in [0.29, 0.717) is 30.2 Å². The van der Waals surface area contributed by atoms with E-state index in [4.69, 9.17) is 0 Å². The van der Waals surface area contributed by atoms with Gasteiger partial charge in [-0.15, -0.1) is 0 Å². The molecule has 26 heavy (non-hydrogen) atoms. The molecule has 0 saturated heterocycles. The van der Waals surface area contributed by atoms with E-state index in [1.165, 1.54) is 0 Å². The Balaban J connectivity index is 2.09. The van der Waals surface area contributed by atoms with Gasteiger partial charge >= 0.3 is 6.03 Å². The number of urea groups is 1. The summed E-state index contributed by atoms with van der Waals surface area (Å²) in [5, 5.41) is 8.00. The van der Waals surface area contributed by atoms with Gasteiger partial charge in [0, 0.05) is 37.1 Å². The molecule has 0 radical (unpaired) electrons. The van der Waals surface area contributed by atoms with Crippen LogP contribution in [0.5, 0.6) is 0 Å². The number of carbonyl (C=O) groups is 2. The minimum absolute atomic E-state index is 0.180. The second-order valence-electron chi connectivity index (χ2n) is 5.40. The minimum atomic E-state index is -0.365. The van der Waals surface area contributed by atoms with Gasteiger partial charge in [0.1, 0.15) is 5.65 Å². The van der Waals surface area contributed by atoms with E-state index < -0.39 is 0 Å². The molecular formula is C17H19N7O2. The normalized spacial score (nSPS) is 10.5. The van der Waals surface area contributed by atoms with E-state index in [1.807, 2.05) is 19.9 Å². The van der Waals surface area contributed by atoms with Gasteiger partial charge in [0.15, 0.2) is 5.82 Å². The Morgan fingerprint density at radius 1 is 1.15 bits per heavy atom. The predicted molar refractivity (Wildman–Crippen MR) is 96.9 cm³/mol. The van der Waals surface area contributed by atoms with E-state index in [0.717, 1.165) is 5.56 Å². The number of carbonyl (C=O) groups excluding carboxylic acids is 2. The Labute approximate surface area is 149 Å². The summed E-state index contributed by atoms with van der Waals surface area (Å²) < 4.78 is 1.55. The van der Waals surface area contributed by atoms with Crippen molar-refractivity contribution in [3.05, 3.63) is 42.6 Å². The summed E-state index contributed by atoms with van der Waals surface area (Å²) in [6, 6.07) is 5.02. The van der Waals surface area contributed by atoms with E-state index >= 15 is 0 Å². The van der Waals surface area contributed by atoms with Crippen LogP contribution in [-0.4, -0.2) is 44.4 Å². The molecule has 9 heteroatoms. The monoisotopic (exact) mass is 353 g/mol. The number of anilines is 1. The molecule has 0 bridgehead atoms. The number of nitrogens with one attached hydrogen (secondary N) is 3. The standard InChI is InChI=1S/C17H19N7O2/c1-3-19-16(25)15-21-12(11-6-5-7-18-9-11)8-14-22-13(10-24(14)15)23-17(26)20-4-2/h5-10H,3-4H2,1-2H3,(H,19,25)(H2,20,23,26). The predicted octanol–water partition coefficient (Wildman–Crippen LogP) is 1.68. The highest BCUT2D eigenvalue weighted by atomic mass is 16.2. The Morgan fingerprint density at radius 3 is 2.65 bits per heavy atom. The quantitative estimate of drug-likeness (QED) is 0.646. The number of nitrogens with zero attached hydrogens (tertiary/aromatic N) is 4. The second kappa shape index (κ2) is 7.60. The van der Waals surface area contributed by atoms with Crippen molar-refractivity contribution >= 4 is 23.4 Å². The van der Waals surface area contributed by atoms with Gasteiger partial charge in [0.25, 0.3) is 5.91 Å². The van der Waals surface area contributed by atoms with Crippen LogP contribution in [0.2, 0.25) is 0 Å². The molecule has 0 unspecified atom stereocenters. The lowest BCUT2D eigenvalue weighted by molar-refractivity contribution is 0.0944. The third-order valence-electron chi connectivity index (χ3n) is 3.53. The highest BCUT2D eigenvalue weighted by Crippen LogP contribution is 2.20. The van der Waals surface area contributed by atoms with E-state index in [-0.39, 0.29) is 17.8 Å². The molecule has 134 valence electrons. The summed E-state index contributed by atoms with van der Waals surface area (Å²) in [5.74, 6) is 0.177. The molecule has 0 aliphatic heterocycles. The van der Waals surface area contributed by atoms with Gasteiger partial charge < -0.3 is 10.6 Å².